The van der Waals surface area contributed by atoms with E-state index in [0.29, 0.717) is 11.3 Å². The van der Waals surface area contributed by atoms with Crippen LogP contribution in [0.15, 0.2) is 72.8 Å². The molecule has 5 heteroatoms. The molecule has 2 N–H and O–H groups in total. The van der Waals surface area contributed by atoms with Crippen molar-refractivity contribution in [3.63, 3.8) is 0 Å². The first-order valence-corrected chi connectivity index (χ1v) is 8.02. The maximum atomic E-state index is 12.4. The Morgan fingerprint density at radius 1 is 0.885 bits per heavy atom. The van der Waals surface area contributed by atoms with E-state index in [-0.39, 0.29) is 17.2 Å². The number of carboxylic acids is 1. The molecule has 26 heavy (non-hydrogen) atoms. The Hall–Kier alpha value is -3.60. The summed E-state index contributed by atoms with van der Waals surface area (Å²) in [6.07, 6.45) is 0. The normalized spacial score (nSPS) is 10.2. The highest BCUT2D eigenvalue weighted by atomic mass is 16.5. The number of rotatable bonds is 5. The molecule has 1 amide bonds. The fourth-order valence-corrected chi connectivity index (χ4v) is 2.45. The first kappa shape index (κ1) is 17.2. The summed E-state index contributed by atoms with van der Waals surface area (Å²) in [5, 5.41) is 11.8. The lowest BCUT2D eigenvalue weighted by molar-refractivity contribution is 0.0698. The first-order valence-electron chi connectivity index (χ1n) is 8.02. The average molecular weight is 347 g/mol. The van der Waals surface area contributed by atoms with Crippen LogP contribution >= 0.6 is 0 Å². The van der Waals surface area contributed by atoms with Gasteiger partial charge in [0, 0.05) is 5.56 Å². The molecule has 0 aromatic heterocycles. The lowest BCUT2D eigenvalue weighted by Gasteiger charge is -2.10. The van der Waals surface area contributed by atoms with Gasteiger partial charge in [0.15, 0.2) is 0 Å². The van der Waals surface area contributed by atoms with E-state index in [1.807, 2.05) is 31.2 Å². The number of anilines is 1. The highest BCUT2D eigenvalue weighted by Gasteiger charge is 2.13. The summed E-state index contributed by atoms with van der Waals surface area (Å²) in [6, 6.07) is 20.6. The third-order valence-corrected chi connectivity index (χ3v) is 3.84. The monoisotopic (exact) mass is 347 g/mol. The van der Waals surface area contributed by atoms with Gasteiger partial charge in [-0.15, -0.1) is 0 Å². The van der Waals surface area contributed by atoms with Crippen molar-refractivity contribution in [2.75, 3.05) is 5.32 Å². The SMILES string of the molecule is Cc1ccccc1Oc1ccc(C(=O)Nc2ccccc2C(=O)O)cc1. The van der Waals surface area contributed by atoms with Crippen LogP contribution in [0.25, 0.3) is 0 Å². The standard InChI is InChI=1S/C21H17NO4/c1-14-6-2-5-9-19(14)26-16-12-10-15(11-13-16)20(23)22-18-8-4-3-7-17(18)21(24)25/h2-13H,1H3,(H,22,23)(H,24,25). The molecule has 0 heterocycles. The quantitative estimate of drug-likeness (QED) is 0.699. The van der Waals surface area contributed by atoms with Crippen molar-refractivity contribution in [2.45, 2.75) is 6.92 Å². The van der Waals surface area contributed by atoms with Gasteiger partial charge in [0.25, 0.3) is 5.91 Å². The van der Waals surface area contributed by atoms with Crippen LogP contribution < -0.4 is 10.1 Å². The number of carbonyl (C=O) groups excluding carboxylic acids is 1. The second kappa shape index (κ2) is 7.53. The fraction of sp³-hybridized carbons (Fsp3) is 0.0476. The molecule has 0 aliphatic rings. The van der Waals surface area contributed by atoms with E-state index in [1.54, 1.807) is 42.5 Å². The lowest BCUT2D eigenvalue weighted by atomic mass is 10.1. The zero-order valence-corrected chi connectivity index (χ0v) is 14.1. The highest BCUT2D eigenvalue weighted by Crippen LogP contribution is 2.25. The summed E-state index contributed by atoms with van der Waals surface area (Å²) in [5.41, 5.74) is 1.72. The number of para-hydroxylation sites is 2. The number of carboxylic acid groups (broad SMARTS) is 1. The molecule has 0 unspecified atom stereocenters. The van der Waals surface area contributed by atoms with E-state index in [1.165, 1.54) is 6.07 Å². The van der Waals surface area contributed by atoms with Gasteiger partial charge in [-0.3, -0.25) is 4.79 Å². The Balaban J connectivity index is 1.74. The van der Waals surface area contributed by atoms with E-state index in [0.717, 1.165) is 11.3 Å². The summed E-state index contributed by atoms with van der Waals surface area (Å²) in [7, 11) is 0. The number of amides is 1. The Bertz CT molecular complexity index is 948. The Morgan fingerprint density at radius 3 is 2.23 bits per heavy atom. The topological polar surface area (TPSA) is 75.6 Å². The summed E-state index contributed by atoms with van der Waals surface area (Å²) in [5.74, 6) is -0.120. The van der Waals surface area contributed by atoms with Crippen molar-refractivity contribution in [3.05, 3.63) is 89.5 Å². The number of benzene rings is 3. The highest BCUT2D eigenvalue weighted by molar-refractivity contribution is 6.07. The van der Waals surface area contributed by atoms with Gasteiger partial charge in [-0.25, -0.2) is 4.79 Å². The molecular formula is C21H17NO4. The number of hydrogen-bond acceptors (Lipinski definition) is 3. The molecule has 0 spiro atoms. The maximum absolute atomic E-state index is 12.4. The molecule has 3 rings (SSSR count). The van der Waals surface area contributed by atoms with Crippen molar-refractivity contribution in [2.24, 2.45) is 0 Å². The molecular weight excluding hydrogens is 330 g/mol. The van der Waals surface area contributed by atoms with Gasteiger partial charge in [0.05, 0.1) is 11.3 Å². The van der Waals surface area contributed by atoms with E-state index in [9.17, 15) is 14.7 Å². The number of carbonyl (C=O) groups is 2. The predicted molar refractivity (Wildman–Crippen MR) is 99.0 cm³/mol. The Morgan fingerprint density at radius 2 is 1.54 bits per heavy atom. The van der Waals surface area contributed by atoms with Gasteiger partial charge >= 0.3 is 5.97 Å². The van der Waals surface area contributed by atoms with Gasteiger partial charge in [-0.2, -0.15) is 0 Å². The molecule has 5 nitrogen and oxygen atoms in total. The van der Waals surface area contributed by atoms with Crippen LogP contribution in [0.5, 0.6) is 11.5 Å². The van der Waals surface area contributed by atoms with Crippen LogP contribution in [0.4, 0.5) is 5.69 Å². The molecule has 0 aliphatic carbocycles. The molecule has 0 atom stereocenters. The Kier molecular flexibility index (Phi) is 4.99. The van der Waals surface area contributed by atoms with Crippen molar-refractivity contribution in [3.8, 4) is 11.5 Å². The third-order valence-electron chi connectivity index (χ3n) is 3.84. The zero-order valence-electron chi connectivity index (χ0n) is 14.1. The second-order valence-electron chi connectivity index (χ2n) is 5.70. The van der Waals surface area contributed by atoms with Crippen molar-refractivity contribution in [1.82, 2.24) is 0 Å². The Labute approximate surface area is 150 Å². The number of ether oxygens (including phenoxy) is 1. The summed E-state index contributed by atoms with van der Waals surface area (Å²) in [4.78, 5) is 23.6. The summed E-state index contributed by atoms with van der Waals surface area (Å²) in [6.45, 7) is 1.96. The van der Waals surface area contributed by atoms with Gasteiger partial charge in [-0.05, 0) is 55.0 Å². The minimum absolute atomic E-state index is 0.0420. The van der Waals surface area contributed by atoms with Crippen LogP contribution in [-0.4, -0.2) is 17.0 Å². The zero-order chi connectivity index (χ0) is 18.5. The number of nitrogens with one attached hydrogen (secondary N) is 1. The van der Waals surface area contributed by atoms with Crippen LogP contribution in [0.2, 0.25) is 0 Å². The third kappa shape index (κ3) is 3.89. The second-order valence-corrected chi connectivity index (χ2v) is 5.70. The predicted octanol–water partition coefficient (Wildman–Crippen LogP) is 4.74. The maximum Gasteiger partial charge on any atom is 0.337 e. The average Bonchev–Trinajstić information content (AvgIpc) is 2.64. The largest absolute Gasteiger partial charge is 0.478 e. The van der Waals surface area contributed by atoms with Crippen LogP contribution in [0.1, 0.15) is 26.3 Å². The van der Waals surface area contributed by atoms with Crippen molar-refractivity contribution >= 4 is 17.6 Å². The lowest BCUT2D eigenvalue weighted by Crippen LogP contribution is -2.14. The van der Waals surface area contributed by atoms with Crippen LogP contribution in [0.3, 0.4) is 0 Å². The molecule has 0 bridgehead atoms. The minimum Gasteiger partial charge on any atom is -0.478 e. The van der Waals surface area contributed by atoms with E-state index in [4.69, 9.17) is 4.74 Å². The molecule has 3 aromatic carbocycles. The number of aromatic carboxylic acids is 1. The van der Waals surface area contributed by atoms with Gasteiger partial charge in [0.2, 0.25) is 0 Å². The number of hydrogen-bond donors (Lipinski definition) is 2. The summed E-state index contributed by atoms with van der Waals surface area (Å²) < 4.78 is 5.80. The molecule has 0 saturated heterocycles. The fourth-order valence-electron chi connectivity index (χ4n) is 2.45. The van der Waals surface area contributed by atoms with Crippen LogP contribution in [0, 0.1) is 6.92 Å². The van der Waals surface area contributed by atoms with Crippen LogP contribution in [-0.2, 0) is 0 Å². The van der Waals surface area contributed by atoms with E-state index >= 15 is 0 Å². The van der Waals surface area contributed by atoms with Crippen molar-refractivity contribution < 1.29 is 19.4 Å². The molecule has 130 valence electrons. The number of aryl methyl sites for hydroxylation is 1. The van der Waals surface area contributed by atoms with E-state index < -0.39 is 5.97 Å². The minimum atomic E-state index is -1.09. The molecule has 0 radical (unpaired) electrons. The molecule has 3 aromatic rings. The van der Waals surface area contributed by atoms with Crippen molar-refractivity contribution in [1.29, 1.82) is 0 Å². The summed E-state index contributed by atoms with van der Waals surface area (Å²) >= 11 is 0. The smallest absolute Gasteiger partial charge is 0.337 e. The molecule has 0 fully saturated rings. The van der Waals surface area contributed by atoms with Gasteiger partial charge < -0.3 is 15.2 Å². The molecule has 0 aliphatic heterocycles. The molecule has 0 saturated carbocycles. The van der Waals surface area contributed by atoms with Gasteiger partial charge in [0.1, 0.15) is 11.5 Å². The van der Waals surface area contributed by atoms with E-state index in [2.05, 4.69) is 5.32 Å². The van der Waals surface area contributed by atoms with Gasteiger partial charge in [-0.1, -0.05) is 30.3 Å². The first-order chi connectivity index (χ1) is 12.5.